The smallest absolute Gasteiger partial charge is 0.189 e. The minimum atomic E-state index is -0.372. The van der Waals surface area contributed by atoms with Gasteiger partial charge in [0.2, 0.25) is 6.07 Å². The second-order valence-corrected chi connectivity index (χ2v) is 3.40. The number of rotatable bonds is 0. The first kappa shape index (κ1) is 5.71. The first-order valence-corrected chi connectivity index (χ1v) is 4.39. The average molecular weight is 99.2 g/mol. The van der Waals surface area contributed by atoms with Gasteiger partial charge in [0.25, 0.3) is 0 Å². The fraction of sp³-hybridized carbons (Fsp3) is 0.750. The highest BCUT2D eigenvalue weighted by atomic mass is 28.3. The van der Waals surface area contributed by atoms with Crippen LogP contribution < -0.4 is 0 Å². The molecule has 1 nitrogen and oxygen atoms in total. The molecule has 0 rings (SSSR count). The van der Waals surface area contributed by atoms with E-state index in [1.807, 2.05) is 6.92 Å². The molecule has 0 N–H and O–H groups in total. The Morgan fingerprint density at radius 1 is 1.50 bits per heavy atom. The highest BCUT2D eigenvalue weighted by Gasteiger charge is 2.06. The zero-order chi connectivity index (χ0) is 4.99. The van der Waals surface area contributed by atoms with Crippen LogP contribution in [0.15, 0.2) is 0 Å². The highest BCUT2D eigenvalue weighted by Crippen LogP contribution is 1.76. The minimum Gasteiger partial charge on any atom is -0.189 e. The summed E-state index contributed by atoms with van der Waals surface area (Å²) in [4.78, 5) is 0. The van der Waals surface area contributed by atoms with Gasteiger partial charge in [-0.25, -0.2) is 0 Å². The van der Waals surface area contributed by atoms with E-state index in [4.69, 9.17) is 0 Å². The molecule has 0 aromatic carbocycles. The van der Waals surface area contributed by atoms with Crippen molar-refractivity contribution < 1.29 is 0 Å². The van der Waals surface area contributed by atoms with Gasteiger partial charge in [-0.15, -0.1) is 0 Å². The topological polar surface area (TPSA) is 4.36 Å². The maximum Gasteiger partial charge on any atom is 0.575 e. The minimum absolute atomic E-state index is 0.372. The summed E-state index contributed by atoms with van der Waals surface area (Å²) >= 11 is 0. The first-order valence-electron chi connectivity index (χ1n) is 1.95. The van der Waals surface area contributed by atoms with Crippen molar-refractivity contribution in [3.8, 4) is 6.07 Å². The summed E-state index contributed by atoms with van der Waals surface area (Å²) < 4.78 is 3.98. The monoisotopic (exact) mass is 99.0 g/mol. The Labute approximate surface area is 40.5 Å². The molecule has 0 saturated carbocycles. The zero-order valence-electron chi connectivity index (χ0n) is 4.45. The van der Waals surface area contributed by atoms with E-state index in [0.717, 1.165) is 0 Å². The van der Waals surface area contributed by atoms with E-state index in [1.165, 1.54) is 0 Å². The van der Waals surface area contributed by atoms with E-state index >= 15 is 0 Å². The number of hydrogen-bond acceptors (Lipinski definition) is 0. The van der Waals surface area contributed by atoms with Crippen LogP contribution in [0.4, 0.5) is 0 Å². The van der Waals surface area contributed by atoms with E-state index < -0.39 is 0 Å². The van der Waals surface area contributed by atoms with E-state index in [1.54, 1.807) is 0 Å². The van der Waals surface area contributed by atoms with Crippen molar-refractivity contribution in [2.75, 3.05) is 0 Å². The molecule has 0 aromatic rings. The molecule has 33 valence electrons. The Morgan fingerprint density at radius 2 is 2.00 bits per heavy atom. The van der Waals surface area contributed by atoms with Gasteiger partial charge in [0.05, 0.1) is 6.92 Å². The van der Waals surface area contributed by atoms with Gasteiger partial charge in [-0.3, -0.25) is 0 Å². The standard InChI is InChI=1S/C4H9NSi/c1-4-5-6(2)3/h1-3H3/q+1. The third-order valence-electron chi connectivity index (χ3n) is 0.335. The lowest BCUT2D eigenvalue weighted by Crippen LogP contribution is -1.86. The fourth-order valence-corrected chi connectivity index (χ4v) is 0.671. The van der Waals surface area contributed by atoms with Gasteiger partial charge in [-0.1, -0.05) is 0 Å². The third-order valence-corrected chi connectivity index (χ3v) is 1.01. The van der Waals surface area contributed by atoms with Crippen LogP contribution in [-0.4, -0.2) is 8.96 Å². The van der Waals surface area contributed by atoms with Crippen LogP contribution in [0.2, 0.25) is 13.1 Å². The van der Waals surface area contributed by atoms with E-state index in [2.05, 4.69) is 23.7 Å². The summed E-state index contributed by atoms with van der Waals surface area (Å²) in [5, 5.41) is 0. The predicted octanol–water partition coefficient (Wildman–Crippen LogP) is 1.59. The lowest BCUT2D eigenvalue weighted by atomic mass is 11.0. The van der Waals surface area contributed by atoms with Crippen molar-refractivity contribution in [1.82, 2.24) is 0 Å². The molecule has 0 saturated heterocycles. The normalized spacial score (nSPS) is 7.33. The Bertz CT molecular complexity index is 77.3. The summed E-state index contributed by atoms with van der Waals surface area (Å²) in [5.74, 6) is 0. The number of hydrogen-bond donors (Lipinski definition) is 0. The van der Waals surface area contributed by atoms with Crippen LogP contribution in [0.3, 0.4) is 0 Å². The Morgan fingerprint density at radius 3 is 2.00 bits per heavy atom. The largest absolute Gasteiger partial charge is 0.575 e. The lowest BCUT2D eigenvalue weighted by molar-refractivity contribution is 1.88. The highest BCUT2D eigenvalue weighted by molar-refractivity contribution is 6.59. The molecule has 0 unspecified atom stereocenters. The summed E-state index contributed by atoms with van der Waals surface area (Å²) in [6.45, 7) is 6.08. The molecule has 0 amide bonds. The molecule has 0 aromatic heterocycles. The molecule has 0 atom stereocenters. The molecule has 0 aliphatic carbocycles. The Kier molecular flexibility index (Phi) is 2.78. The van der Waals surface area contributed by atoms with Gasteiger partial charge in [0.1, 0.15) is 0 Å². The maximum atomic E-state index is 3.98. The molecule has 6 heavy (non-hydrogen) atoms. The van der Waals surface area contributed by atoms with Gasteiger partial charge in [-0.05, 0) is 0 Å². The van der Waals surface area contributed by atoms with Gasteiger partial charge in [0, 0.05) is 13.1 Å². The third kappa shape index (κ3) is 3.71. The van der Waals surface area contributed by atoms with Crippen LogP contribution in [-0.2, 0) is 0 Å². The van der Waals surface area contributed by atoms with Gasteiger partial charge in [-0.2, -0.15) is 4.51 Å². The van der Waals surface area contributed by atoms with E-state index in [-0.39, 0.29) is 8.96 Å². The second kappa shape index (κ2) is 2.92. The molecule has 0 fully saturated rings. The number of nitrogens with zero attached hydrogens (tertiary/aromatic N) is 1. The summed E-state index contributed by atoms with van der Waals surface area (Å²) in [7, 11) is -0.372. The lowest BCUT2D eigenvalue weighted by Gasteiger charge is -1.58. The molecule has 0 spiro atoms. The van der Waals surface area contributed by atoms with Crippen LogP contribution in [0, 0.1) is 6.07 Å². The maximum absolute atomic E-state index is 3.98. The van der Waals surface area contributed by atoms with Crippen molar-refractivity contribution in [2.45, 2.75) is 20.0 Å². The van der Waals surface area contributed by atoms with Crippen LogP contribution >= 0.6 is 0 Å². The van der Waals surface area contributed by atoms with Crippen LogP contribution in [0.5, 0.6) is 0 Å². The molecule has 0 bridgehead atoms. The second-order valence-electron chi connectivity index (χ2n) is 1.28. The molecular weight excluding hydrogens is 90.1 g/mol. The quantitative estimate of drug-likeness (QED) is 0.406. The van der Waals surface area contributed by atoms with E-state index in [9.17, 15) is 0 Å². The Balaban J connectivity index is 3.20. The molecule has 0 aliphatic heterocycles. The van der Waals surface area contributed by atoms with Crippen molar-refractivity contribution >= 4 is 8.96 Å². The van der Waals surface area contributed by atoms with Crippen LogP contribution in [0.1, 0.15) is 6.92 Å². The van der Waals surface area contributed by atoms with Crippen molar-refractivity contribution in [3.63, 3.8) is 0 Å². The van der Waals surface area contributed by atoms with Crippen molar-refractivity contribution in [3.05, 3.63) is 4.51 Å². The van der Waals surface area contributed by atoms with Gasteiger partial charge in [0.15, 0.2) is 0 Å². The molecule has 1 radical (unpaired) electrons. The zero-order valence-corrected chi connectivity index (χ0v) is 5.45. The van der Waals surface area contributed by atoms with Crippen molar-refractivity contribution in [2.24, 2.45) is 0 Å². The fourth-order valence-electron chi connectivity index (χ4n) is 0.224. The first-order chi connectivity index (χ1) is 2.77. The van der Waals surface area contributed by atoms with Gasteiger partial charge >= 0.3 is 8.96 Å². The summed E-state index contributed by atoms with van der Waals surface area (Å²) in [5.41, 5.74) is 0. The molecule has 2 heteroatoms. The molecular formula is C4H9NSi+. The average Bonchev–Trinajstić information content (AvgIpc) is 1.35. The van der Waals surface area contributed by atoms with Gasteiger partial charge < -0.3 is 0 Å². The van der Waals surface area contributed by atoms with Crippen LogP contribution in [0.25, 0.3) is 4.51 Å². The predicted molar refractivity (Wildman–Crippen MR) is 30.4 cm³/mol. The molecule has 0 heterocycles. The van der Waals surface area contributed by atoms with Crippen molar-refractivity contribution in [1.29, 1.82) is 0 Å². The SMILES string of the molecule is CC#[N+][Si](C)C. The molecule has 0 aliphatic rings. The van der Waals surface area contributed by atoms with E-state index in [0.29, 0.717) is 0 Å². The summed E-state index contributed by atoms with van der Waals surface area (Å²) in [6, 6.07) is 2.74. The Hall–Kier alpha value is -0.293. The summed E-state index contributed by atoms with van der Waals surface area (Å²) in [6.07, 6.45) is 0.